The van der Waals surface area contributed by atoms with Gasteiger partial charge in [0.15, 0.2) is 0 Å². The highest BCUT2D eigenvalue weighted by molar-refractivity contribution is 5.95. The van der Waals surface area contributed by atoms with Crippen LogP contribution in [0.5, 0.6) is 0 Å². The van der Waals surface area contributed by atoms with Crippen LogP contribution in [-0.2, 0) is 6.18 Å². The van der Waals surface area contributed by atoms with Crippen molar-refractivity contribution in [3.63, 3.8) is 0 Å². The van der Waals surface area contributed by atoms with Crippen LogP contribution >= 0.6 is 0 Å². The lowest BCUT2D eigenvalue weighted by Crippen LogP contribution is -2.22. The second kappa shape index (κ2) is 5.47. The summed E-state index contributed by atoms with van der Waals surface area (Å²) in [5.74, 6) is -0.299. The van der Waals surface area contributed by atoms with E-state index in [1.165, 1.54) is 18.2 Å². The second-order valence-corrected chi connectivity index (χ2v) is 4.30. The lowest BCUT2D eigenvalue weighted by molar-refractivity contribution is -0.137. The molecule has 0 unspecified atom stereocenters. The summed E-state index contributed by atoms with van der Waals surface area (Å²) in [4.78, 5) is 11.6. The standard InChI is InChI=1S/C13H13F3N4O/c1-2-18-12(21)8-3-4-11(10(17)5-8)20-7-9(6-19-20)13(14,15)16/h3-7H,2,17H2,1H3,(H,18,21). The maximum atomic E-state index is 12.5. The molecule has 1 aromatic heterocycles. The number of aromatic nitrogens is 2. The van der Waals surface area contributed by atoms with E-state index >= 15 is 0 Å². The third kappa shape index (κ3) is 3.15. The molecular weight excluding hydrogens is 285 g/mol. The number of benzene rings is 1. The van der Waals surface area contributed by atoms with Crippen LogP contribution in [0.1, 0.15) is 22.8 Å². The number of anilines is 1. The van der Waals surface area contributed by atoms with E-state index in [4.69, 9.17) is 5.73 Å². The van der Waals surface area contributed by atoms with E-state index in [9.17, 15) is 18.0 Å². The Hall–Kier alpha value is -2.51. The van der Waals surface area contributed by atoms with Crippen LogP contribution in [0.2, 0.25) is 0 Å². The lowest BCUT2D eigenvalue weighted by Gasteiger charge is -2.08. The topological polar surface area (TPSA) is 72.9 Å². The summed E-state index contributed by atoms with van der Waals surface area (Å²) in [7, 11) is 0. The summed E-state index contributed by atoms with van der Waals surface area (Å²) < 4.78 is 38.6. The average molecular weight is 298 g/mol. The number of nitrogens with two attached hydrogens (primary N) is 1. The molecule has 1 heterocycles. The maximum absolute atomic E-state index is 12.5. The van der Waals surface area contributed by atoms with Crippen molar-refractivity contribution in [2.45, 2.75) is 13.1 Å². The van der Waals surface area contributed by atoms with Gasteiger partial charge in [0, 0.05) is 18.3 Å². The quantitative estimate of drug-likeness (QED) is 0.853. The van der Waals surface area contributed by atoms with Crippen molar-refractivity contribution < 1.29 is 18.0 Å². The van der Waals surface area contributed by atoms with Crippen molar-refractivity contribution in [3.05, 3.63) is 41.7 Å². The Kier molecular flexibility index (Phi) is 3.88. The number of rotatable bonds is 3. The minimum atomic E-state index is -4.46. The van der Waals surface area contributed by atoms with Crippen LogP contribution in [0.25, 0.3) is 5.69 Å². The van der Waals surface area contributed by atoms with Crippen molar-refractivity contribution >= 4 is 11.6 Å². The summed E-state index contributed by atoms with van der Waals surface area (Å²) in [6, 6.07) is 4.33. The third-order valence-corrected chi connectivity index (χ3v) is 2.78. The van der Waals surface area contributed by atoms with Crippen LogP contribution in [0.3, 0.4) is 0 Å². The second-order valence-electron chi connectivity index (χ2n) is 4.30. The molecule has 112 valence electrons. The minimum Gasteiger partial charge on any atom is -0.397 e. The Bertz CT molecular complexity index is 664. The molecule has 8 heteroatoms. The zero-order valence-corrected chi connectivity index (χ0v) is 11.1. The van der Waals surface area contributed by atoms with E-state index < -0.39 is 11.7 Å². The van der Waals surface area contributed by atoms with Gasteiger partial charge in [-0.3, -0.25) is 4.79 Å². The number of halogens is 3. The Morgan fingerprint density at radius 1 is 1.43 bits per heavy atom. The molecule has 2 aromatic rings. The SMILES string of the molecule is CCNC(=O)c1ccc(-n2cc(C(F)(F)F)cn2)c(N)c1. The van der Waals surface area contributed by atoms with E-state index in [2.05, 4.69) is 10.4 Å². The average Bonchev–Trinajstić information content (AvgIpc) is 2.88. The third-order valence-electron chi connectivity index (χ3n) is 2.78. The number of nitrogens with zero attached hydrogens (tertiary/aromatic N) is 2. The highest BCUT2D eigenvalue weighted by Crippen LogP contribution is 2.29. The Morgan fingerprint density at radius 2 is 2.14 bits per heavy atom. The number of amides is 1. The summed E-state index contributed by atoms with van der Waals surface area (Å²) in [6.45, 7) is 2.24. The summed E-state index contributed by atoms with van der Waals surface area (Å²) in [6.07, 6.45) is -2.90. The predicted octanol–water partition coefficient (Wildman–Crippen LogP) is 2.22. The van der Waals surface area contributed by atoms with Gasteiger partial charge in [-0.1, -0.05) is 0 Å². The molecule has 5 nitrogen and oxygen atoms in total. The van der Waals surface area contributed by atoms with E-state index in [-0.39, 0.29) is 17.3 Å². The number of hydrogen-bond donors (Lipinski definition) is 2. The van der Waals surface area contributed by atoms with Crippen molar-refractivity contribution in [1.82, 2.24) is 15.1 Å². The van der Waals surface area contributed by atoms with Gasteiger partial charge in [-0.25, -0.2) is 4.68 Å². The number of carbonyl (C=O) groups excluding carboxylic acids is 1. The molecule has 0 radical (unpaired) electrons. The molecule has 2 rings (SSSR count). The highest BCUT2D eigenvalue weighted by Gasteiger charge is 2.32. The van der Waals surface area contributed by atoms with E-state index in [1.807, 2.05) is 0 Å². The molecule has 1 amide bonds. The molecule has 0 atom stereocenters. The van der Waals surface area contributed by atoms with Gasteiger partial charge in [-0.2, -0.15) is 18.3 Å². The largest absolute Gasteiger partial charge is 0.419 e. The Morgan fingerprint density at radius 3 is 2.67 bits per heavy atom. The van der Waals surface area contributed by atoms with Crippen LogP contribution in [0.4, 0.5) is 18.9 Å². The monoisotopic (exact) mass is 298 g/mol. The van der Waals surface area contributed by atoms with Gasteiger partial charge in [0.1, 0.15) is 0 Å². The molecule has 0 fully saturated rings. The molecule has 1 aromatic carbocycles. The van der Waals surface area contributed by atoms with Crippen LogP contribution in [-0.4, -0.2) is 22.2 Å². The molecule has 3 N–H and O–H groups in total. The van der Waals surface area contributed by atoms with Gasteiger partial charge in [-0.15, -0.1) is 0 Å². The van der Waals surface area contributed by atoms with Gasteiger partial charge in [0.25, 0.3) is 5.91 Å². The first kappa shape index (κ1) is 14.9. The van der Waals surface area contributed by atoms with Crippen molar-refractivity contribution in [2.24, 2.45) is 0 Å². The fraction of sp³-hybridized carbons (Fsp3) is 0.231. The summed E-state index contributed by atoms with van der Waals surface area (Å²) in [5, 5.41) is 6.25. The molecule has 0 aliphatic heterocycles. The zero-order chi connectivity index (χ0) is 15.6. The summed E-state index contributed by atoms with van der Waals surface area (Å²) >= 11 is 0. The molecule has 0 spiro atoms. The van der Waals surface area contributed by atoms with Gasteiger partial charge in [-0.05, 0) is 25.1 Å². The molecule has 0 bridgehead atoms. The van der Waals surface area contributed by atoms with Gasteiger partial charge >= 0.3 is 6.18 Å². The normalized spacial score (nSPS) is 11.4. The molecular formula is C13H13F3N4O. The van der Waals surface area contributed by atoms with E-state index in [0.717, 1.165) is 17.1 Å². The van der Waals surface area contributed by atoms with Crippen LogP contribution in [0, 0.1) is 0 Å². The first-order valence-electron chi connectivity index (χ1n) is 6.13. The first-order valence-corrected chi connectivity index (χ1v) is 6.13. The highest BCUT2D eigenvalue weighted by atomic mass is 19.4. The first-order chi connectivity index (χ1) is 9.82. The van der Waals surface area contributed by atoms with Gasteiger partial charge < -0.3 is 11.1 Å². The fourth-order valence-corrected chi connectivity index (χ4v) is 1.77. The number of nitrogen functional groups attached to an aromatic ring is 1. The molecule has 0 saturated carbocycles. The van der Waals surface area contributed by atoms with Crippen molar-refractivity contribution in [3.8, 4) is 5.69 Å². The Balaban J connectivity index is 2.33. The fourth-order valence-electron chi connectivity index (χ4n) is 1.77. The number of nitrogens with one attached hydrogen (secondary N) is 1. The number of carbonyl (C=O) groups is 1. The zero-order valence-electron chi connectivity index (χ0n) is 11.1. The molecule has 21 heavy (non-hydrogen) atoms. The minimum absolute atomic E-state index is 0.163. The smallest absolute Gasteiger partial charge is 0.397 e. The van der Waals surface area contributed by atoms with Crippen molar-refractivity contribution in [1.29, 1.82) is 0 Å². The number of hydrogen-bond acceptors (Lipinski definition) is 3. The maximum Gasteiger partial charge on any atom is 0.419 e. The molecule has 0 aliphatic carbocycles. The molecule has 0 saturated heterocycles. The lowest BCUT2D eigenvalue weighted by atomic mass is 10.1. The van der Waals surface area contributed by atoms with Crippen LogP contribution < -0.4 is 11.1 Å². The van der Waals surface area contributed by atoms with Gasteiger partial charge in [0.05, 0.1) is 23.1 Å². The number of alkyl halides is 3. The van der Waals surface area contributed by atoms with E-state index in [1.54, 1.807) is 6.92 Å². The van der Waals surface area contributed by atoms with Crippen LogP contribution in [0.15, 0.2) is 30.6 Å². The Labute approximate surface area is 118 Å². The van der Waals surface area contributed by atoms with Crippen molar-refractivity contribution in [2.75, 3.05) is 12.3 Å². The van der Waals surface area contributed by atoms with E-state index in [0.29, 0.717) is 12.1 Å². The molecule has 0 aliphatic rings. The summed E-state index contributed by atoms with van der Waals surface area (Å²) in [5.41, 5.74) is 5.69. The van der Waals surface area contributed by atoms with Gasteiger partial charge in [0.2, 0.25) is 0 Å². The predicted molar refractivity (Wildman–Crippen MR) is 71.0 cm³/mol.